The van der Waals surface area contributed by atoms with Crippen LogP contribution in [0.15, 0.2) is 0 Å². The highest BCUT2D eigenvalue weighted by molar-refractivity contribution is 5.83. The van der Waals surface area contributed by atoms with Gasteiger partial charge in [-0.1, -0.05) is 32.6 Å². The first-order valence-corrected chi connectivity index (χ1v) is 6.32. The van der Waals surface area contributed by atoms with E-state index in [-0.39, 0.29) is 0 Å². The van der Waals surface area contributed by atoms with Crippen molar-refractivity contribution in [2.45, 2.75) is 58.3 Å². The average molecular weight is 194 g/mol. The SMILES string of the molecule is CCC1CCCC(CC(=O)C2CC2)C1. The molecule has 1 heteroatoms. The number of carbonyl (C=O) groups excluding carboxylic acids is 1. The van der Waals surface area contributed by atoms with E-state index in [0.717, 1.165) is 18.3 Å². The van der Waals surface area contributed by atoms with Gasteiger partial charge in [-0.2, -0.15) is 0 Å². The fourth-order valence-electron chi connectivity index (χ4n) is 2.81. The van der Waals surface area contributed by atoms with E-state index in [0.29, 0.717) is 11.7 Å². The molecule has 2 rings (SSSR count). The van der Waals surface area contributed by atoms with Gasteiger partial charge in [-0.15, -0.1) is 0 Å². The third-order valence-corrected chi connectivity index (χ3v) is 3.99. The summed E-state index contributed by atoms with van der Waals surface area (Å²) in [5.41, 5.74) is 0. The van der Waals surface area contributed by atoms with Crippen molar-refractivity contribution in [3.63, 3.8) is 0 Å². The van der Waals surface area contributed by atoms with Crippen LogP contribution in [0.2, 0.25) is 0 Å². The Morgan fingerprint density at radius 2 is 1.86 bits per heavy atom. The second-order valence-corrected chi connectivity index (χ2v) is 5.25. The van der Waals surface area contributed by atoms with Gasteiger partial charge in [0.05, 0.1) is 0 Å². The minimum atomic E-state index is 0.483. The second kappa shape index (κ2) is 4.46. The van der Waals surface area contributed by atoms with Crippen molar-refractivity contribution in [2.75, 3.05) is 0 Å². The lowest BCUT2D eigenvalue weighted by molar-refractivity contribution is -0.121. The van der Waals surface area contributed by atoms with E-state index in [1.807, 2.05) is 0 Å². The van der Waals surface area contributed by atoms with E-state index < -0.39 is 0 Å². The molecule has 1 nitrogen and oxygen atoms in total. The van der Waals surface area contributed by atoms with Crippen LogP contribution in [0, 0.1) is 17.8 Å². The first-order chi connectivity index (χ1) is 6.79. The maximum absolute atomic E-state index is 11.7. The maximum atomic E-state index is 11.7. The van der Waals surface area contributed by atoms with Crippen LogP contribution in [-0.4, -0.2) is 5.78 Å². The van der Waals surface area contributed by atoms with E-state index >= 15 is 0 Å². The fraction of sp³-hybridized carbons (Fsp3) is 0.923. The first-order valence-electron chi connectivity index (χ1n) is 6.32. The predicted octanol–water partition coefficient (Wildman–Crippen LogP) is 3.57. The Balaban J connectivity index is 1.76. The van der Waals surface area contributed by atoms with E-state index in [9.17, 15) is 4.79 Å². The van der Waals surface area contributed by atoms with Crippen LogP contribution in [0.4, 0.5) is 0 Å². The molecule has 0 bridgehead atoms. The summed E-state index contributed by atoms with van der Waals surface area (Å²) in [7, 11) is 0. The van der Waals surface area contributed by atoms with Crippen molar-refractivity contribution in [3.8, 4) is 0 Å². The first kappa shape index (κ1) is 10.2. The lowest BCUT2D eigenvalue weighted by Crippen LogP contribution is -2.18. The minimum Gasteiger partial charge on any atom is -0.299 e. The number of ketones is 1. The van der Waals surface area contributed by atoms with Gasteiger partial charge >= 0.3 is 0 Å². The molecule has 0 aromatic rings. The summed E-state index contributed by atoms with van der Waals surface area (Å²) < 4.78 is 0. The Hall–Kier alpha value is -0.330. The monoisotopic (exact) mass is 194 g/mol. The molecular weight excluding hydrogens is 172 g/mol. The molecule has 0 saturated heterocycles. The molecule has 14 heavy (non-hydrogen) atoms. The van der Waals surface area contributed by atoms with E-state index in [1.54, 1.807) is 0 Å². The third kappa shape index (κ3) is 2.59. The smallest absolute Gasteiger partial charge is 0.136 e. The number of hydrogen-bond donors (Lipinski definition) is 0. The van der Waals surface area contributed by atoms with Gasteiger partial charge in [0.25, 0.3) is 0 Å². The van der Waals surface area contributed by atoms with Gasteiger partial charge in [-0.3, -0.25) is 4.79 Å². The summed E-state index contributed by atoms with van der Waals surface area (Å²) in [5.74, 6) is 2.71. The van der Waals surface area contributed by atoms with E-state index in [2.05, 4.69) is 6.92 Å². The minimum absolute atomic E-state index is 0.483. The molecule has 0 amide bonds. The summed E-state index contributed by atoms with van der Waals surface area (Å²) in [6.45, 7) is 2.29. The molecular formula is C13H22O. The van der Waals surface area contributed by atoms with Crippen molar-refractivity contribution in [2.24, 2.45) is 17.8 Å². The molecule has 0 aliphatic heterocycles. The summed E-state index contributed by atoms with van der Waals surface area (Å²) in [5, 5.41) is 0. The van der Waals surface area contributed by atoms with Gasteiger partial charge in [0.1, 0.15) is 5.78 Å². The van der Waals surface area contributed by atoms with Crippen molar-refractivity contribution in [1.82, 2.24) is 0 Å². The number of carbonyl (C=O) groups is 1. The molecule has 2 aliphatic carbocycles. The molecule has 2 fully saturated rings. The molecule has 0 heterocycles. The Morgan fingerprint density at radius 1 is 1.14 bits per heavy atom. The van der Waals surface area contributed by atoms with Gasteiger partial charge in [0.2, 0.25) is 0 Å². The Labute approximate surface area is 87.3 Å². The third-order valence-electron chi connectivity index (χ3n) is 3.99. The molecule has 2 unspecified atom stereocenters. The van der Waals surface area contributed by atoms with Gasteiger partial charge in [0, 0.05) is 12.3 Å². The van der Waals surface area contributed by atoms with Crippen LogP contribution in [0.1, 0.15) is 58.3 Å². The Kier molecular flexibility index (Phi) is 3.25. The lowest BCUT2D eigenvalue weighted by atomic mass is 9.78. The molecule has 0 N–H and O–H groups in total. The molecule has 80 valence electrons. The normalized spacial score (nSPS) is 32.9. The summed E-state index contributed by atoms with van der Waals surface area (Å²) in [4.78, 5) is 11.7. The van der Waals surface area contributed by atoms with E-state index in [4.69, 9.17) is 0 Å². The van der Waals surface area contributed by atoms with Crippen LogP contribution >= 0.6 is 0 Å². The van der Waals surface area contributed by atoms with Gasteiger partial charge < -0.3 is 0 Å². The van der Waals surface area contributed by atoms with Crippen LogP contribution in [0.25, 0.3) is 0 Å². The average Bonchev–Trinajstić information content (AvgIpc) is 3.01. The largest absolute Gasteiger partial charge is 0.299 e. The van der Waals surface area contributed by atoms with Gasteiger partial charge in [-0.25, -0.2) is 0 Å². The van der Waals surface area contributed by atoms with Crippen LogP contribution < -0.4 is 0 Å². The van der Waals surface area contributed by atoms with Crippen molar-refractivity contribution in [1.29, 1.82) is 0 Å². The number of Topliss-reactive ketones (excluding diaryl/α,β-unsaturated/α-hetero) is 1. The molecule has 0 aromatic heterocycles. The Bertz CT molecular complexity index is 205. The summed E-state index contributed by atoms with van der Waals surface area (Å²) >= 11 is 0. The molecule has 2 aliphatic rings. The molecule has 2 atom stereocenters. The van der Waals surface area contributed by atoms with Crippen LogP contribution in [-0.2, 0) is 4.79 Å². The number of rotatable bonds is 4. The van der Waals surface area contributed by atoms with Crippen LogP contribution in [0.3, 0.4) is 0 Å². The zero-order chi connectivity index (χ0) is 9.97. The molecule has 0 spiro atoms. The standard InChI is InChI=1S/C13H22O/c1-2-10-4-3-5-11(8-10)9-13(14)12-6-7-12/h10-12H,2-9H2,1H3. The summed E-state index contributed by atoms with van der Waals surface area (Å²) in [6.07, 6.45) is 10.00. The molecule has 0 aromatic carbocycles. The zero-order valence-electron chi connectivity index (χ0n) is 9.30. The summed E-state index contributed by atoms with van der Waals surface area (Å²) in [6, 6.07) is 0. The predicted molar refractivity (Wildman–Crippen MR) is 58.1 cm³/mol. The van der Waals surface area contributed by atoms with Crippen molar-refractivity contribution < 1.29 is 4.79 Å². The fourth-order valence-corrected chi connectivity index (χ4v) is 2.81. The molecule has 2 saturated carbocycles. The van der Waals surface area contributed by atoms with Gasteiger partial charge in [-0.05, 0) is 31.1 Å². The van der Waals surface area contributed by atoms with Crippen LogP contribution in [0.5, 0.6) is 0 Å². The lowest BCUT2D eigenvalue weighted by Gasteiger charge is -2.27. The van der Waals surface area contributed by atoms with Gasteiger partial charge in [0.15, 0.2) is 0 Å². The second-order valence-electron chi connectivity index (χ2n) is 5.25. The maximum Gasteiger partial charge on any atom is 0.136 e. The number of hydrogen-bond acceptors (Lipinski definition) is 1. The van der Waals surface area contributed by atoms with Crippen molar-refractivity contribution >= 4 is 5.78 Å². The Morgan fingerprint density at radius 3 is 2.50 bits per heavy atom. The van der Waals surface area contributed by atoms with E-state index in [1.165, 1.54) is 44.9 Å². The highest BCUT2D eigenvalue weighted by Gasteiger charge is 2.32. The highest BCUT2D eigenvalue weighted by atomic mass is 16.1. The quantitative estimate of drug-likeness (QED) is 0.668. The zero-order valence-corrected chi connectivity index (χ0v) is 9.30. The highest BCUT2D eigenvalue weighted by Crippen LogP contribution is 2.37. The topological polar surface area (TPSA) is 17.1 Å². The van der Waals surface area contributed by atoms with Crippen molar-refractivity contribution in [3.05, 3.63) is 0 Å². The molecule has 0 radical (unpaired) electrons.